The number of carbonyl (C=O) groups excluding carboxylic acids is 2. The molecule has 0 atom stereocenters. The summed E-state index contributed by atoms with van der Waals surface area (Å²) in [6, 6.07) is 0. The van der Waals surface area contributed by atoms with E-state index in [1.165, 1.54) is 0 Å². The van der Waals surface area contributed by atoms with E-state index in [2.05, 4.69) is 6.58 Å². The number of morpholine rings is 1. The van der Waals surface area contributed by atoms with Crippen molar-refractivity contribution < 1.29 is 19.1 Å². The number of amides is 1. The van der Waals surface area contributed by atoms with E-state index in [0.29, 0.717) is 25.3 Å². The molecule has 1 heterocycles. The van der Waals surface area contributed by atoms with Gasteiger partial charge in [0, 0.05) is 12.1 Å². The molecule has 1 aliphatic heterocycles. The van der Waals surface area contributed by atoms with Gasteiger partial charge < -0.3 is 14.4 Å². The first-order chi connectivity index (χ1) is 7.15. The second-order valence-electron chi connectivity index (χ2n) is 3.19. The summed E-state index contributed by atoms with van der Waals surface area (Å²) in [7, 11) is 0. The summed E-state index contributed by atoms with van der Waals surface area (Å²) >= 11 is 0. The lowest BCUT2D eigenvalue weighted by Gasteiger charge is -2.26. The SMILES string of the molecule is C=C(CN1CCOCC1=O)C(=O)OCC. The van der Waals surface area contributed by atoms with Crippen LogP contribution in [0, 0.1) is 0 Å². The van der Waals surface area contributed by atoms with Gasteiger partial charge in [0.05, 0.1) is 19.8 Å². The Morgan fingerprint density at radius 1 is 1.67 bits per heavy atom. The lowest BCUT2D eigenvalue weighted by Crippen LogP contribution is -2.43. The van der Waals surface area contributed by atoms with E-state index in [4.69, 9.17) is 9.47 Å². The Balaban J connectivity index is 2.42. The van der Waals surface area contributed by atoms with Crippen LogP contribution in [0.15, 0.2) is 12.2 Å². The first-order valence-electron chi connectivity index (χ1n) is 4.85. The first kappa shape index (κ1) is 11.7. The molecule has 1 amide bonds. The maximum atomic E-state index is 11.3. The number of hydrogen-bond donors (Lipinski definition) is 0. The highest BCUT2D eigenvalue weighted by Crippen LogP contribution is 2.04. The minimum absolute atomic E-state index is 0.0795. The third kappa shape index (κ3) is 3.36. The fourth-order valence-electron chi connectivity index (χ4n) is 1.25. The lowest BCUT2D eigenvalue weighted by atomic mass is 10.2. The number of rotatable bonds is 4. The van der Waals surface area contributed by atoms with Crippen LogP contribution >= 0.6 is 0 Å². The molecule has 0 radical (unpaired) electrons. The van der Waals surface area contributed by atoms with Gasteiger partial charge in [-0.1, -0.05) is 6.58 Å². The Labute approximate surface area is 88.6 Å². The third-order valence-electron chi connectivity index (χ3n) is 2.03. The Morgan fingerprint density at radius 2 is 2.40 bits per heavy atom. The minimum atomic E-state index is -0.447. The topological polar surface area (TPSA) is 55.8 Å². The van der Waals surface area contributed by atoms with E-state index >= 15 is 0 Å². The summed E-state index contributed by atoms with van der Waals surface area (Å²) in [5.74, 6) is -0.566. The van der Waals surface area contributed by atoms with Crippen LogP contribution in [0.4, 0.5) is 0 Å². The van der Waals surface area contributed by atoms with E-state index in [9.17, 15) is 9.59 Å². The van der Waals surface area contributed by atoms with Crippen LogP contribution in [0.25, 0.3) is 0 Å². The van der Waals surface area contributed by atoms with Crippen molar-refractivity contribution in [3.05, 3.63) is 12.2 Å². The number of nitrogens with zero attached hydrogens (tertiary/aromatic N) is 1. The zero-order chi connectivity index (χ0) is 11.3. The van der Waals surface area contributed by atoms with Gasteiger partial charge in [-0.3, -0.25) is 4.79 Å². The zero-order valence-corrected chi connectivity index (χ0v) is 8.82. The van der Waals surface area contributed by atoms with Gasteiger partial charge in [0.2, 0.25) is 5.91 Å². The van der Waals surface area contributed by atoms with Gasteiger partial charge in [-0.2, -0.15) is 0 Å². The molecular weight excluding hydrogens is 198 g/mol. The molecule has 5 nitrogen and oxygen atoms in total. The fraction of sp³-hybridized carbons (Fsp3) is 0.600. The molecule has 5 heteroatoms. The summed E-state index contributed by atoms with van der Waals surface area (Å²) in [6.45, 7) is 6.94. The van der Waals surface area contributed by atoms with Gasteiger partial charge in [0.1, 0.15) is 6.61 Å². The molecule has 1 rings (SSSR count). The van der Waals surface area contributed by atoms with E-state index in [1.54, 1.807) is 11.8 Å². The van der Waals surface area contributed by atoms with Crippen LogP contribution in [0.5, 0.6) is 0 Å². The molecule has 0 aliphatic carbocycles. The van der Waals surface area contributed by atoms with Crippen LogP contribution < -0.4 is 0 Å². The van der Waals surface area contributed by atoms with Crippen molar-refractivity contribution in [1.82, 2.24) is 4.90 Å². The molecular formula is C10H15NO4. The number of esters is 1. The summed E-state index contributed by atoms with van der Waals surface area (Å²) < 4.78 is 9.74. The number of carbonyl (C=O) groups is 2. The molecule has 0 aromatic rings. The molecule has 0 spiro atoms. The fourth-order valence-corrected chi connectivity index (χ4v) is 1.25. The van der Waals surface area contributed by atoms with Crippen molar-refractivity contribution >= 4 is 11.9 Å². The Hall–Kier alpha value is -1.36. The van der Waals surface area contributed by atoms with E-state index < -0.39 is 5.97 Å². The van der Waals surface area contributed by atoms with Crippen molar-refractivity contribution in [3.63, 3.8) is 0 Å². The quantitative estimate of drug-likeness (QED) is 0.486. The van der Waals surface area contributed by atoms with Gasteiger partial charge in [0.25, 0.3) is 0 Å². The zero-order valence-electron chi connectivity index (χ0n) is 8.82. The van der Waals surface area contributed by atoms with Crippen molar-refractivity contribution in [3.8, 4) is 0 Å². The number of hydrogen-bond acceptors (Lipinski definition) is 4. The van der Waals surface area contributed by atoms with Crippen molar-refractivity contribution in [2.75, 3.05) is 32.9 Å². The largest absolute Gasteiger partial charge is 0.463 e. The summed E-state index contributed by atoms with van der Waals surface area (Å²) in [5, 5.41) is 0. The van der Waals surface area contributed by atoms with Crippen molar-refractivity contribution in [1.29, 1.82) is 0 Å². The second kappa shape index (κ2) is 5.50. The molecule has 1 saturated heterocycles. The predicted octanol–water partition coefficient (Wildman–Crippen LogP) is -0.0355. The highest BCUT2D eigenvalue weighted by atomic mass is 16.5. The van der Waals surface area contributed by atoms with Crippen LogP contribution in [0.3, 0.4) is 0 Å². The van der Waals surface area contributed by atoms with Gasteiger partial charge in [-0.05, 0) is 6.92 Å². The highest BCUT2D eigenvalue weighted by Gasteiger charge is 2.21. The molecule has 0 bridgehead atoms. The molecule has 84 valence electrons. The van der Waals surface area contributed by atoms with E-state index in [-0.39, 0.29) is 19.1 Å². The standard InChI is InChI=1S/C10H15NO4/c1-3-15-10(13)8(2)6-11-4-5-14-7-9(11)12/h2-7H2,1H3. The van der Waals surface area contributed by atoms with Crippen LogP contribution in [-0.4, -0.2) is 49.7 Å². The van der Waals surface area contributed by atoms with E-state index in [1.807, 2.05) is 0 Å². The van der Waals surface area contributed by atoms with Gasteiger partial charge in [-0.25, -0.2) is 4.79 Å². The van der Waals surface area contributed by atoms with Gasteiger partial charge in [0.15, 0.2) is 0 Å². The smallest absolute Gasteiger partial charge is 0.335 e. The number of ether oxygens (including phenoxy) is 2. The predicted molar refractivity (Wildman–Crippen MR) is 53.2 cm³/mol. The molecule has 0 N–H and O–H groups in total. The van der Waals surface area contributed by atoms with Gasteiger partial charge >= 0.3 is 5.97 Å². The maximum Gasteiger partial charge on any atom is 0.335 e. The molecule has 1 aliphatic rings. The normalized spacial score (nSPS) is 16.3. The minimum Gasteiger partial charge on any atom is -0.463 e. The Kier molecular flexibility index (Phi) is 4.30. The van der Waals surface area contributed by atoms with Crippen LogP contribution in [0.2, 0.25) is 0 Å². The third-order valence-corrected chi connectivity index (χ3v) is 2.03. The first-order valence-corrected chi connectivity index (χ1v) is 4.85. The summed E-state index contributed by atoms with van der Waals surface area (Å²) in [4.78, 5) is 24.1. The molecule has 1 fully saturated rings. The molecule has 0 aromatic heterocycles. The molecule has 0 saturated carbocycles. The Bertz CT molecular complexity index is 275. The van der Waals surface area contributed by atoms with Gasteiger partial charge in [-0.15, -0.1) is 0 Å². The Morgan fingerprint density at radius 3 is 3.00 bits per heavy atom. The maximum absolute atomic E-state index is 11.3. The highest BCUT2D eigenvalue weighted by molar-refractivity contribution is 5.89. The monoisotopic (exact) mass is 213 g/mol. The van der Waals surface area contributed by atoms with E-state index in [0.717, 1.165) is 0 Å². The molecule has 15 heavy (non-hydrogen) atoms. The van der Waals surface area contributed by atoms with Crippen molar-refractivity contribution in [2.24, 2.45) is 0 Å². The summed E-state index contributed by atoms with van der Waals surface area (Å²) in [5.41, 5.74) is 0.298. The summed E-state index contributed by atoms with van der Waals surface area (Å²) in [6.07, 6.45) is 0. The van der Waals surface area contributed by atoms with Crippen LogP contribution in [-0.2, 0) is 19.1 Å². The second-order valence-corrected chi connectivity index (χ2v) is 3.19. The average molecular weight is 213 g/mol. The van der Waals surface area contributed by atoms with Crippen molar-refractivity contribution in [2.45, 2.75) is 6.92 Å². The van der Waals surface area contributed by atoms with Crippen LogP contribution in [0.1, 0.15) is 6.92 Å². The average Bonchev–Trinajstić information content (AvgIpc) is 2.21. The lowest BCUT2D eigenvalue weighted by molar-refractivity contribution is -0.143. The molecule has 0 unspecified atom stereocenters. The molecule has 0 aromatic carbocycles.